The van der Waals surface area contributed by atoms with Gasteiger partial charge >= 0.3 is 0 Å². The Bertz CT molecular complexity index is 1330. The number of carbonyl (C=O) groups excluding carboxylic acids is 2. The summed E-state index contributed by atoms with van der Waals surface area (Å²) < 4.78 is 5.55. The van der Waals surface area contributed by atoms with Gasteiger partial charge in [-0.1, -0.05) is 37.5 Å². The molecule has 8 nitrogen and oxygen atoms in total. The van der Waals surface area contributed by atoms with E-state index in [4.69, 9.17) is 4.42 Å². The van der Waals surface area contributed by atoms with Gasteiger partial charge in [-0.05, 0) is 62.4 Å². The lowest BCUT2D eigenvalue weighted by molar-refractivity contribution is 0.0926. The number of anilines is 3. The van der Waals surface area contributed by atoms with E-state index in [0.29, 0.717) is 23.1 Å². The lowest BCUT2D eigenvalue weighted by Gasteiger charge is -2.38. The molecule has 0 unspecified atom stereocenters. The predicted molar refractivity (Wildman–Crippen MR) is 153 cm³/mol. The van der Waals surface area contributed by atoms with E-state index in [2.05, 4.69) is 56.6 Å². The molecule has 6 rings (SSSR count). The Morgan fingerprint density at radius 2 is 1.59 bits per heavy atom. The van der Waals surface area contributed by atoms with Gasteiger partial charge in [0, 0.05) is 49.4 Å². The van der Waals surface area contributed by atoms with Gasteiger partial charge in [0.1, 0.15) is 6.26 Å². The molecule has 1 saturated heterocycles. The van der Waals surface area contributed by atoms with Crippen LogP contribution in [0.15, 0.2) is 53.1 Å². The number of aromatic nitrogens is 1. The number of para-hydroxylation sites is 1. The monoisotopic (exact) mass is 527 g/mol. The highest BCUT2D eigenvalue weighted by Gasteiger charge is 2.30. The highest BCUT2D eigenvalue weighted by Crippen LogP contribution is 2.39. The fourth-order valence-corrected chi connectivity index (χ4v) is 5.77. The first-order valence-corrected chi connectivity index (χ1v) is 14.3. The first-order chi connectivity index (χ1) is 19.0. The zero-order valence-corrected chi connectivity index (χ0v) is 22.6. The largest absolute Gasteiger partial charge is 0.448 e. The summed E-state index contributed by atoms with van der Waals surface area (Å²) in [5.41, 5.74) is 4.88. The molecule has 2 aromatic carbocycles. The zero-order valence-electron chi connectivity index (χ0n) is 22.6. The molecule has 3 aliphatic rings. The van der Waals surface area contributed by atoms with Crippen LogP contribution in [0.4, 0.5) is 17.1 Å². The number of nitrogens with zero attached hydrogens (tertiary/aromatic N) is 3. The predicted octanol–water partition coefficient (Wildman–Crippen LogP) is 5.50. The van der Waals surface area contributed by atoms with Crippen molar-refractivity contribution < 1.29 is 14.0 Å². The summed E-state index contributed by atoms with van der Waals surface area (Å²) in [4.78, 5) is 35.5. The molecule has 3 aromatic rings. The topological polar surface area (TPSA) is 90.7 Å². The van der Waals surface area contributed by atoms with Crippen molar-refractivity contribution in [2.45, 2.75) is 63.8 Å². The van der Waals surface area contributed by atoms with E-state index in [1.54, 1.807) is 6.07 Å². The Labute approximate surface area is 229 Å². The third-order valence-corrected chi connectivity index (χ3v) is 8.21. The molecule has 1 aromatic heterocycles. The first-order valence-electron chi connectivity index (χ1n) is 14.3. The zero-order chi connectivity index (χ0) is 26.8. The molecule has 0 bridgehead atoms. The van der Waals surface area contributed by atoms with Crippen LogP contribution >= 0.6 is 0 Å². The maximum atomic E-state index is 13.2. The van der Waals surface area contributed by atoms with Crippen molar-refractivity contribution in [1.29, 1.82) is 0 Å². The average molecular weight is 528 g/mol. The molecule has 2 N–H and O–H groups in total. The molecule has 2 amide bonds. The van der Waals surface area contributed by atoms with Crippen molar-refractivity contribution >= 4 is 28.9 Å². The van der Waals surface area contributed by atoms with Gasteiger partial charge in [-0.2, -0.15) is 0 Å². The SMILES string of the molecule is Cc1ccccc1N1CCN(c2ccc(C(=O)NC3CCCCC3)cc2NC(=O)c2coc(C3CC3)n2)CC1. The van der Waals surface area contributed by atoms with E-state index >= 15 is 0 Å². The van der Waals surface area contributed by atoms with Gasteiger partial charge in [0.2, 0.25) is 0 Å². The van der Waals surface area contributed by atoms with E-state index in [1.165, 1.54) is 23.9 Å². The number of oxazole rings is 1. The van der Waals surface area contributed by atoms with Gasteiger partial charge in [0.05, 0.1) is 11.4 Å². The van der Waals surface area contributed by atoms with Gasteiger partial charge in [-0.3, -0.25) is 9.59 Å². The van der Waals surface area contributed by atoms with Crippen LogP contribution in [0, 0.1) is 6.92 Å². The van der Waals surface area contributed by atoms with Crippen molar-refractivity contribution in [1.82, 2.24) is 10.3 Å². The molecule has 1 aliphatic heterocycles. The summed E-state index contributed by atoms with van der Waals surface area (Å²) in [6.07, 6.45) is 9.13. The molecular weight excluding hydrogens is 490 g/mol. The van der Waals surface area contributed by atoms with Crippen molar-refractivity contribution in [3.8, 4) is 0 Å². The maximum absolute atomic E-state index is 13.2. The second kappa shape index (κ2) is 11.1. The van der Waals surface area contributed by atoms with Crippen molar-refractivity contribution in [3.05, 3.63) is 71.4 Å². The maximum Gasteiger partial charge on any atom is 0.277 e. The van der Waals surface area contributed by atoms with Gasteiger partial charge in [0.25, 0.3) is 11.8 Å². The number of nitrogens with one attached hydrogen (secondary N) is 2. The molecule has 2 aliphatic carbocycles. The van der Waals surface area contributed by atoms with Crippen LogP contribution in [0.25, 0.3) is 0 Å². The second-order valence-electron chi connectivity index (χ2n) is 11.1. The minimum atomic E-state index is -0.324. The fraction of sp³-hybridized carbons (Fsp3) is 0.452. The van der Waals surface area contributed by atoms with Gasteiger partial charge in [-0.25, -0.2) is 4.98 Å². The highest BCUT2D eigenvalue weighted by molar-refractivity contribution is 6.06. The van der Waals surface area contributed by atoms with Crippen LogP contribution in [-0.2, 0) is 0 Å². The van der Waals surface area contributed by atoms with Crippen LogP contribution in [0.1, 0.15) is 83.2 Å². The molecule has 204 valence electrons. The number of hydrogen-bond acceptors (Lipinski definition) is 6. The Morgan fingerprint density at radius 3 is 2.31 bits per heavy atom. The smallest absolute Gasteiger partial charge is 0.277 e. The van der Waals surface area contributed by atoms with Gasteiger partial charge in [0.15, 0.2) is 11.6 Å². The number of rotatable bonds is 7. The van der Waals surface area contributed by atoms with Crippen molar-refractivity contribution in [3.63, 3.8) is 0 Å². The number of carbonyl (C=O) groups is 2. The quantitative estimate of drug-likeness (QED) is 0.422. The average Bonchev–Trinajstić information content (AvgIpc) is 3.70. The third-order valence-electron chi connectivity index (χ3n) is 8.21. The van der Waals surface area contributed by atoms with E-state index < -0.39 is 0 Å². The normalized spacial score (nSPS) is 18.2. The van der Waals surface area contributed by atoms with Crippen LogP contribution in [0.2, 0.25) is 0 Å². The lowest BCUT2D eigenvalue weighted by atomic mass is 9.95. The van der Waals surface area contributed by atoms with Crippen LogP contribution < -0.4 is 20.4 Å². The second-order valence-corrected chi connectivity index (χ2v) is 11.1. The molecule has 0 atom stereocenters. The molecule has 0 spiro atoms. The number of piperazine rings is 1. The summed E-state index contributed by atoms with van der Waals surface area (Å²) in [5, 5.41) is 6.25. The third kappa shape index (κ3) is 5.79. The molecule has 2 saturated carbocycles. The molecule has 0 radical (unpaired) electrons. The van der Waals surface area contributed by atoms with Crippen LogP contribution in [-0.4, -0.2) is 49.0 Å². The van der Waals surface area contributed by atoms with Crippen molar-refractivity contribution in [2.75, 3.05) is 41.3 Å². The highest BCUT2D eigenvalue weighted by atomic mass is 16.3. The summed E-state index contributed by atoms with van der Waals surface area (Å²) in [6, 6.07) is 14.3. The summed E-state index contributed by atoms with van der Waals surface area (Å²) in [5.74, 6) is 0.549. The molecule has 2 heterocycles. The Hall–Kier alpha value is -3.81. The summed E-state index contributed by atoms with van der Waals surface area (Å²) >= 11 is 0. The number of hydrogen-bond donors (Lipinski definition) is 2. The number of aryl methyl sites for hydroxylation is 1. The van der Waals surface area contributed by atoms with Crippen molar-refractivity contribution in [2.24, 2.45) is 0 Å². The molecule has 3 fully saturated rings. The van der Waals surface area contributed by atoms with Gasteiger partial charge in [-0.15, -0.1) is 0 Å². The fourth-order valence-electron chi connectivity index (χ4n) is 5.77. The summed E-state index contributed by atoms with van der Waals surface area (Å²) in [6.45, 7) is 5.50. The number of benzene rings is 2. The minimum absolute atomic E-state index is 0.0919. The van der Waals surface area contributed by atoms with E-state index in [1.807, 2.05) is 12.1 Å². The van der Waals surface area contributed by atoms with Crippen LogP contribution in [0.3, 0.4) is 0 Å². The van der Waals surface area contributed by atoms with E-state index in [-0.39, 0.29) is 23.6 Å². The summed E-state index contributed by atoms with van der Waals surface area (Å²) in [7, 11) is 0. The first kappa shape index (κ1) is 25.5. The Morgan fingerprint density at radius 1 is 0.872 bits per heavy atom. The van der Waals surface area contributed by atoms with E-state index in [9.17, 15) is 9.59 Å². The Kier molecular flexibility index (Phi) is 7.26. The van der Waals surface area contributed by atoms with E-state index in [0.717, 1.165) is 70.4 Å². The van der Waals surface area contributed by atoms with Gasteiger partial charge < -0.3 is 24.9 Å². The molecular formula is C31H37N5O3. The minimum Gasteiger partial charge on any atom is -0.448 e. The molecule has 8 heteroatoms. The Balaban J connectivity index is 1.22. The lowest BCUT2D eigenvalue weighted by Crippen LogP contribution is -2.47. The number of amides is 2. The molecule has 39 heavy (non-hydrogen) atoms. The van der Waals surface area contributed by atoms with Crippen LogP contribution in [0.5, 0.6) is 0 Å². The standard InChI is InChI=1S/C31H37N5O3/c1-21-7-5-6-10-27(21)35-15-17-36(18-16-35)28-14-13-23(29(37)32-24-8-3-2-4-9-24)19-25(28)33-30(38)26-20-39-31(34-26)22-11-12-22/h5-7,10,13-14,19-20,22,24H,2-4,8-9,11-12,15-18H2,1H3,(H,32,37)(H,33,38).